The first-order valence-corrected chi connectivity index (χ1v) is 16.2. The summed E-state index contributed by atoms with van der Waals surface area (Å²) in [7, 11) is 0. The molecule has 0 saturated heterocycles. The van der Waals surface area contributed by atoms with Crippen LogP contribution in [0.5, 0.6) is 0 Å². The van der Waals surface area contributed by atoms with E-state index in [-0.39, 0.29) is 24.8 Å². The average molecular weight is 601 g/mol. The van der Waals surface area contributed by atoms with Gasteiger partial charge in [0.1, 0.15) is 0 Å². The van der Waals surface area contributed by atoms with Crippen molar-refractivity contribution in [1.82, 2.24) is 0 Å². The second kappa shape index (κ2) is 11.6. The van der Waals surface area contributed by atoms with Crippen LogP contribution in [0, 0.1) is 13.8 Å². The number of halogens is 2. The van der Waals surface area contributed by atoms with Crippen molar-refractivity contribution in [1.29, 1.82) is 0 Å². The maximum absolute atomic E-state index is 2.57. The first-order valence-electron chi connectivity index (χ1n) is 12.6. The van der Waals surface area contributed by atoms with Crippen LogP contribution in [0.2, 0.25) is 0 Å². The number of fused-ring (bicyclic) bond motifs is 3. The number of aryl methyl sites for hydroxylation is 2. The van der Waals surface area contributed by atoms with Crippen molar-refractivity contribution in [2.75, 3.05) is 0 Å². The molecule has 0 saturated carbocycles. The molecule has 0 unspecified atom stereocenters. The van der Waals surface area contributed by atoms with Crippen molar-refractivity contribution < 1.29 is 46.1 Å². The van der Waals surface area contributed by atoms with Gasteiger partial charge in [-0.05, 0) is 0 Å². The quantitative estimate of drug-likeness (QED) is 0.295. The van der Waals surface area contributed by atoms with Crippen LogP contribution in [0.4, 0.5) is 0 Å². The van der Waals surface area contributed by atoms with E-state index in [1.807, 2.05) is 0 Å². The summed E-state index contributed by atoms with van der Waals surface area (Å²) < 4.78 is 4.98. The van der Waals surface area contributed by atoms with E-state index in [1.54, 1.807) is 15.3 Å². The topological polar surface area (TPSA) is 0 Å². The fourth-order valence-electron chi connectivity index (χ4n) is 5.82. The van der Waals surface area contributed by atoms with E-state index in [1.165, 1.54) is 44.5 Å². The van der Waals surface area contributed by atoms with Crippen molar-refractivity contribution in [3.63, 3.8) is 0 Å². The van der Waals surface area contributed by atoms with Crippen LogP contribution in [0.15, 0.2) is 112 Å². The molecule has 0 atom stereocenters. The largest absolute Gasteiger partial charge is 1.00 e. The maximum Gasteiger partial charge on any atom is -1.00 e. The standard InChI is InChI=1S/C15H13.C13H10.C6H7.2ClH.Zr/c1-10-3-5-14-12(7-10)9-13-8-11(2)4-6-15(13)14;1-3-7-12(8-4-1)11-13-9-5-2-6-10-13;1-6-4-2-3-5-6;;;/h3-7H,9H2,1-2H3;1-10H;4-5H,2H2,1H3;2*1H;/q;;;;;+2/p-2. The molecule has 0 aromatic heterocycles. The Hall–Kier alpha value is -2.31. The minimum Gasteiger partial charge on any atom is -1.00 e. The van der Waals surface area contributed by atoms with Gasteiger partial charge in [0.15, 0.2) is 0 Å². The minimum atomic E-state index is -2.57. The molecule has 3 heteroatoms. The summed E-state index contributed by atoms with van der Waals surface area (Å²) in [6.07, 6.45) is 7.11. The van der Waals surface area contributed by atoms with Crippen LogP contribution in [0.3, 0.4) is 0 Å². The normalized spacial score (nSPS) is 12.7. The third-order valence-electron chi connectivity index (χ3n) is 7.43. The summed E-state index contributed by atoms with van der Waals surface area (Å²) >= 11 is -2.57. The fraction of sp³-hybridized carbons (Fsp3) is 0.147. The Labute approximate surface area is 241 Å². The Morgan fingerprint density at radius 3 is 1.92 bits per heavy atom. The third kappa shape index (κ3) is 5.20. The third-order valence-corrected chi connectivity index (χ3v) is 15.5. The summed E-state index contributed by atoms with van der Waals surface area (Å²) in [5.41, 5.74) is 13.0. The molecule has 0 bridgehead atoms. The number of hydrogen-bond donors (Lipinski definition) is 0. The van der Waals surface area contributed by atoms with Crippen molar-refractivity contribution >= 4 is 6.48 Å². The van der Waals surface area contributed by atoms with Crippen molar-refractivity contribution in [2.45, 2.75) is 33.6 Å². The Bertz CT molecular complexity index is 1500. The van der Waals surface area contributed by atoms with E-state index in [0.717, 1.165) is 12.8 Å². The van der Waals surface area contributed by atoms with Crippen LogP contribution in [-0.2, 0) is 27.7 Å². The van der Waals surface area contributed by atoms with Crippen molar-refractivity contribution in [3.8, 4) is 11.1 Å². The first-order chi connectivity index (χ1) is 17.1. The summed E-state index contributed by atoms with van der Waals surface area (Å²) in [5.74, 6) is 0. The molecule has 0 heterocycles. The summed E-state index contributed by atoms with van der Waals surface area (Å²) in [6.45, 7) is 6.83. The van der Waals surface area contributed by atoms with Gasteiger partial charge in [0.2, 0.25) is 0 Å². The molecule has 0 nitrogen and oxygen atoms in total. The molecule has 2 aliphatic rings. The maximum atomic E-state index is 2.52. The van der Waals surface area contributed by atoms with Gasteiger partial charge in [-0.1, -0.05) is 0 Å². The monoisotopic (exact) mass is 598 g/mol. The van der Waals surface area contributed by atoms with E-state index in [9.17, 15) is 0 Å². The molecular weight excluding hydrogens is 571 g/mol. The van der Waals surface area contributed by atoms with Gasteiger partial charge in [-0.25, -0.2) is 0 Å². The zero-order chi connectivity index (χ0) is 23.9. The molecule has 0 N–H and O–H groups in total. The van der Waals surface area contributed by atoms with Crippen LogP contribution >= 0.6 is 0 Å². The van der Waals surface area contributed by atoms with Crippen LogP contribution in [0.25, 0.3) is 11.1 Å². The molecule has 4 aromatic rings. The first kappa shape index (κ1) is 27.7. The minimum absolute atomic E-state index is 0. The molecule has 184 valence electrons. The molecule has 0 aliphatic heterocycles. The number of allylic oxidation sites excluding steroid dienone is 4. The number of rotatable bonds is 4. The smallest absolute Gasteiger partial charge is 1.00 e. The summed E-state index contributed by atoms with van der Waals surface area (Å²) in [6, 6.07) is 34.2. The van der Waals surface area contributed by atoms with Gasteiger partial charge < -0.3 is 24.8 Å². The molecule has 4 aromatic carbocycles. The SMILES string of the molecule is CC1=CC[C]([Zr+2](=[C](c2ccccc2)c2ccccc2)[c]2c(C)ccc3c2Cc2cc(C)ccc2-3)=C1.[Cl-].[Cl-]. The predicted molar refractivity (Wildman–Crippen MR) is 146 cm³/mol. The van der Waals surface area contributed by atoms with Gasteiger partial charge in [0, 0.05) is 0 Å². The van der Waals surface area contributed by atoms with Gasteiger partial charge in [-0.2, -0.15) is 0 Å². The van der Waals surface area contributed by atoms with Gasteiger partial charge in [-0.15, -0.1) is 0 Å². The Morgan fingerprint density at radius 1 is 0.703 bits per heavy atom. The molecular formula is C34H30Cl2Zr. The number of hydrogen-bond acceptors (Lipinski definition) is 0. The molecule has 0 spiro atoms. The summed E-state index contributed by atoms with van der Waals surface area (Å²) in [4.78, 5) is 0. The van der Waals surface area contributed by atoms with E-state index >= 15 is 0 Å². The Morgan fingerprint density at radius 2 is 1.32 bits per heavy atom. The predicted octanol–water partition coefficient (Wildman–Crippen LogP) is 1.63. The molecule has 0 fully saturated rings. The zero-order valence-corrected chi connectivity index (χ0v) is 25.5. The molecule has 6 rings (SSSR count). The molecule has 2 aliphatic carbocycles. The summed E-state index contributed by atoms with van der Waals surface area (Å²) in [5, 5.41) is 0. The van der Waals surface area contributed by atoms with Gasteiger partial charge in [0.05, 0.1) is 0 Å². The molecule has 0 amide bonds. The van der Waals surface area contributed by atoms with E-state index in [4.69, 9.17) is 0 Å². The van der Waals surface area contributed by atoms with Crippen molar-refractivity contribution in [2.24, 2.45) is 0 Å². The fourth-order valence-corrected chi connectivity index (χ4v) is 14.4. The second-order valence-corrected chi connectivity index (χ2v) is 15.8. The van der Waals surface area contributed by atoms with Gasteiger partial charge >= 0.3 is 218 Å². The van der Waals surface area contributed by atoms with Crippen molar-refractivity contribution in [3.05, 3.63) is 145 Å². The van der Waals surface area contributed by atoms with Crippen LogP contribution < -0.4 is 28.1 Å². The van der Waals surface area contributed by atoms with Crippen LogP contribution in [0.1, 0.15) is 46.7 Å². The van der Waals surface area contributed by atoms with Crippen LogP contribution in [-0.4, -0.2) is 3.21 Å². The Kier molecular flexibility index (Phi) is 8.70. The molecule has 37 heavy (non-hydrogen) atoms. The van der Waals surface area contributed by atoms with Gasteiger partial charge in [0.25, 0.3) is 0 Å². The molecule has 0 radical (unpaired) electrons. The zero-order valence-electron chi connectivity index (χ0n) is 21.5. The van der Waals surface area contributed by atoms with E-state index < -0.39 is 21.3 Å². The Balaban J connectivity index is 0.00000160. The van der Waals surface area contributed by atoms with E-state index in [2.05, 4.69) is 124 Å². The average Bonchev–Trinajstić information content (AvgIpc) is 3.46. The van der Waals surface area contributed by atoms with Gasteiger partial charge in [-0.3, -0.25) is 0 Å². The second-order valence-electron chi connectivity index (χ2n) is 9.92. The van der Waals surface area contributed by atoms with E-state index in [0.29, 0.717) is 0 Å². The number of benzene rings is 4.